The number of halogens is 1. The van der Waals surface area contributed by atoms with Crippen LogP contribution in [0, 0.1) is 0 Å². The first-order chi connectivity index (χ1) is 13.3. The molecule has 6 nitrogen and oxygen atoms in total. The maximum Gasteiger partial charge on any atom is 0.193 e. The van der Waals surface area contributed by atoms with Gasteiger partial charge in [-0.3, -0.25) is 9.89 Å². The third-order valence-electron chi connectivity index (χ3n) is 5.78. The third kappa shape index (κ3) is 5.18. The zero-order chi connectivity index (χ0) is 18.5. The highest BCUT2D eigenvalue weighted by Gasteiger charge is 2.30. The van der Waals surface area contributed by atoms with Crippen LogP contribution in [-0.2, 0) is 11.3 Å². The second kappa shape index (κ2) is 10.5. The molecule has 2 saturated heterocycles. The van der Waals surface area contributed by atoms with Crippen LogP contribution in [0.1, 0.15) is 12.0 Å². The predicted octanol–water partition coefficient (Wildman–Crippen LogP) is 2.16. The van der Waals surface area contributed by atoms with Gasteiger partial charge in [-0.15, -0.1) is 24.0 Å². The Balaban J connectivity index is 0.00000225. The molecule has 1 aromatic rings. The van der Waals surface area contributed by atoms with Gasteiger partial charge in [0.2, 0.25) is 0 Å². The van der Waals surface area contributed by atoms with Crippen LogP contribution in [0.2, 0.25) is 0 Å². The average molecular weight is 497 g/mol. The largest absolute Gasteiger partial charge is 0.379 e. The molecule has 2 fully saturated rings. The second-order valence-corrected chi connectivity index (χ2v) is 7.48. The van der Waals surface area contributed by atoms with Gasteiger partial charge in [-0.1, -0.05) is 24.3 Å². The van der Waals surface area contributed by atoms with E-state index in [0.717, 1.165) is 65.0 Å². The van der Waals surface area contributed by atoms with Crippen LogP contribution >= 0.6 is 24.0 Å². The van der Waals surface area contributed by atoms with E-state index in [-0.39, 0.29) is 24.0 Å². The van der Waals surface area contributed by atoms with Gasteiger partial charge in [0.1, 0.15) is 0 Å². The number of hydrogen-bond acceptors (Lipinski definition) is 4. The van der Waals surface area contributed by atoms with E-state index in [4.69, 9.17) is 4.74 Å². The van der Waals surface area contributed by atoms with E-state index >= 15 is 0 Å². The molecule has 0 radical (unpaired) electrons. The normalized spacial score (nSPS) is 23.2. The van der Waals surface area contributed by atoms with Crippen molar-refractivity contribution in [1.29, 1.82) is 0 Å². The van der Waals surface area contributed by atoms with E-state index in [9.17, 15) is 0 Å². The summed E-state index contributed by atoms with van der Waals surface area (Å²) < 4.78 is 5.49. The molecule has 0 spiro atoms. The first kappa shape index (κ1) is 21.4. The minimum absolute atomic E-state index is 0. The lowest BCUT2D eigenvalue weighted by Gasteiger charge is -2.32. The number of nitrogens with zero attached hydrogens (tertiary/aromatic N) is 4. The number of aliphatic imine (C=N–C) groups is 1. The average Bonchev–Trinajstić information content (AvgIpc) is 3.42. The summed E-state index contributed by atoms with van der Waals surface area (Å²) in [6.45, 7) is 8.80. The number of benzene rings is 1. The second-order valence-electron chi connectivity index (χ2n) is 7.48. The highest BCUT2D eigenvalue weighted by molar-refractivity contribution is 14.0. The number of guanidine groups is 1. The van der Waals surface area contributed by atoms with E-state index in [1.54, 1.807) is 0 Å². The van der Waals surface area contributed by atoms with Gasteiger partial charge in [0.05, 0.1) is 13.2 Å². The summed E-state index contributed by atoms with van der Waals surface area (Å²) >= 11 is 0. The van der Waals surface area contributed by atoms with Crippen molar-refractivity contribution in [3.05, 3.63) is 42.0 Å². The fraction of sp³-hybridized carbons (Fsp3) is 0.571. The Morgan fingerprint density at radius 3 is 2.71 bits per heavy atom. The molecular formula is C21H32IN5O. The van der Waals surface area contributed by atoms with Crippen LogP contribution in [0.5, 0.6) is 0 Å². The fourth-order valence-corrected chi connectivity index (χ4v) is 4.24. The topological polar surface area (TPSA) is 43.3 Å². The number of hydrogen-bond donors (Lipinski definition) is 1. The Morgan fingerprint density at radius 1 is 1.18 bits per heavy atom. The van der Waals surface area contributed by atoms with E-state index in [1.165, 1.54) is 17.7 Å². The van der Waals surface area contributed by atoms with Crippen molar-refractivity contribution in [3.63, 3.8) is 0 Å². The standard InChI is InChI=1S/C21H31N5O.HI/c1-22-21(26-10-7-20(17-26)25-11-13-27-14-12-25)23-16-18-5-4-6-19(15-18)24-8-2-3-9-24;/h2-6,15,20H,7-14,16-17H2,1H3,(H,22,23);1H. The Bertz CT molecular complexity index is 681. The molecule has 28 heavy (non-hydrogen) atoms. The van der Waals surface area contributed by atoms with Crippen LogP contribution in [0.3, 0.4) is 0 Å². The van der Waals surface area contributed by atoms with Gasteiger partial charge >= 0.3 is 0 Å². The molecule has 1 atom stereocenters. The van der Waals surface area contributed by atoms with Crippen LogP contribution in [0.15, 0.2) is 41.4 Å². The molecule has 154 valence electrons. The van der Waals surface area contributed by atoms with Gasteiger partial charge in [-0.25, -0.2) is 0 Å². The Morgan fingerprint density at radius 2 is 1.96 bits per heavy atom. The summed E-state index contributed by atoms with van der Waals surface area (Å²) in [7, 11) is 1.89. The fourth-order valence-electron chi connectivity index (χ4n) is 4.24. The summed E-state index contributed by atoms with van der Waals surface area (Å²) in [6, 6.07) is 9.44. The molecule has 7 heteroatoms. The minimum Gasteiger partial charge on any atom is -0.379 e. The molecule has 0 saturated carbocycles. The zero-order valence-electron chi connectivity index (χ0n) is 16.7. The molecule has 0 bridgehead atoms. The predicted molar refractivity (Wildman–Crippen MR) is 126 cm³/mol. The van der Waals surface area contributed by atoms with E-state index in [0.29, 0.717) is 6.04 Å². The number of morpholine rings is 1. The first-order valence-corrected chi connectivity index (χ1v) is 10.1. The number of ether oxygens (including phenoxy) is 1. The quantitative estimate of drug-likeness (QED) is 0.299. The molecule has 0 aliphatic carbocycles. The lowest BCUT2D eigenvalue weighted by molar-refractivity contribution is 0.0195. The summed E-state index contributed by atoms with van der Waals surface area (Å²) in [5, 5.41) is 3.57. The molecule has 3 heterocycles. The smallest absolute Gasteiger partial charge is 0.193 e. The van der Waals surface area contributed by atoms with Gasteiger partial charge in [0.15, 0.2) is 5.96 Å². The molecule has 3 aliphatic rings. The maximum atomic E-state index is 5.49. The lowest BCUT2D eigenvalue weighted by Crippen LogP contribution is -2.46. The number of likely N-dealkylation sites (tertiary alicyclic amines) is 1. The molecule has 1 N–H and O–H groups in total. The molecule has 1 unspecified atom stereocenters. The molecule has 0 aromatic heterocycles. The van der Waals surface area contributed by atoms with Crippen molar-refractivity contribution in [1.82, 2.24) is 15.1 Å². The monoisotopic (exact) mass is 497 g/mol. The highest BCUT2D eigenvalue weighted by Crippen LogP contribution is 2.19. The Hall–Kier alpha value is -1.32. The van der Waals surface area contributed by atoms with Crippen molar-refractivity contribution in [2.24, 2.45) is 4.99 Å². The minimum atomic E-state index is 0. The summed E-state index contributed by atoms with van der Waals surface area (Å²) in [5.41, 5.74) is 2.59. The third-order valence-corrected chi connectivity index (χ3v) is 5.78. The van der Waals surface area contributed by atoms with Crippen molar-refractivity contribution >= 4 is 35.6 Å². The van der Waals surface area contributed by atoms with E-state index < -0.39 is 0 Å². The van der Waals surface area contributed by atoms with Crippen LogP contribution in [-0.4, -0.2) is 81.3 Å². The van der Waals surface area contributed by atoms with Gasteiger partial charge in [0.25, 0.3) is 0 Å². The van der Waals surface area contributed by atoms with Gasteiger partial charge in [0, 0.05) is 64.6 Å². The van der Waals surface area contributed by atoms with Crippen LogP contribution in [0.4, 0.5) is 5.69 Å². The molecule has 1 aromatic carbocycles. The summed E-state index contributed by atoms with van der Waals surface area (Å²) in [5.74, 6) is 1.01. The number of rotatable bonds is 4. The number of anilines is 1. The van der Waals surface area contributed by atoms with Crippen LogP contribution < -0.4 is 10.2 Å². The zero-order valence-corrected chi connectivity index (χ0v) is 19.0. The van der Waals surface area contributed by atoms with Gasteiger partial charge in [-0.05, 0) is 24.1 Å². The molecule has 4 rings (SSSR count). The van der Waals surface area contributed by atoms with E-state index in [2.05, 4.69) is 61.4 Å². The van der Waals surface area contributed by atoms with Crippen molar-refractivity contribution in [3.8, 4) is 0 Å². The molecule has 3 aliphatic heterocycles. The van der Waals surface area contributed by atoms with Gasteiger partial charge in [-0.2, -0.15) is 0 Å². The first-order valence-electron chi connectivity index (χ1n) is 10.1. The Kier molecular flexibility index (Phi) is 7.99. The lowest BCUT2D eigenvalue weighted by atomic mass is 10.2. The van der Waals surface area contributed by atoms with Crippen molar-refractivity contribution in [2.75, 3.05) is 64.4 Å². The highest BCUT2D eigenvalue weighted by atomic mass is 127. The van der Waals surface area contributed by atoms with Gasteiger partial charge < -0.3 is 19.9 Å². The van der Waals surface area contributed by atoms with Crippen molar-refractivity contribution < 1.29 is 4.74 Å². The van der Waals surface area contributed by atoms with Crippen molar-refractivity contribution in [2.45, 2.75) is 19.0 Å². The summed E-state index contributed by atoms with van der Waals surface area (Å²) in [4.78, 5) is 11.9. The maximum absolute atomic E-state index is 5.49. The van der Waals surface area contributed by atoms with E-state index in [1.807, 2.05) is 7.05 Å². The van der Waals surface area contributed by atoms with Crippen LogP contribution in [0.25, 0.3) is 0 Å². The molecule has 0 amide bonds. The molecular weight excluding hydrogens is 465 g/mol. The summed E-state index contributed by atoms with van der Waals surface area (Å²) in [6.07, 6.45) is 5.66. The Labute approximate surface area is 185 Å². The SMILES string of the molecule is CN=C(NCc1cccc(N2CC=CC2)c1)N1CCC(N2CCOCC2)C1.I. The number of nitrogens with one attached hydrogen (secondary N) is 1.